The first kappa shape index (κ1) is 19.3. The number of nitrogens with one attached hydrogen (secondary N) is 1. The van der Waals surface area contributed by atoms with Crippen molar-refractivity contribution in [2.24, 2.45) is 23.2 Å². The molecule has 1 aromatic carbocycles. The number of hydrogen-bond donors (Lipinski definition) is 2. The molecule has 0 heterocycles. The summed E-state index contributed by atoms with van der Waals surface area (Å²) >= 11 is 0. The maximum absolute atomic E-state index is 13.1. The van der Waals surface area contributed by atoms with Crippen molar-refractivity contribution >= 4 is 11.9 Å². The number of carbonyl (C=O) groups excluding carboxylic acids is 1. The molecule has 4 bridgehead atoms. The predicted octanol–water partition coefficient (Wildman–Crippen LogP) is 3.86. The normalized spacial score (nSPS) is 33.6. The summed E-state index contributed by atoms with van der Waals surface area (Å²) in [5, 5.41) is 13.0. The summed E-state index contributed by atoms with van der Waals surface area (Å²) in [6.07, 6.45) is 4.28. The van der Waals surface area contributed by atoms with Crippen LogP contribution in [0.2, 0.25) is 0 Å². The fourth-order valence-electron chi connectivity index (χ4n) is 6.08. The van der Waals surface area contributed by atoms with Crippen LogP contribution in [0.4, 0.5) is 0 Å². The van der Waals surface area contributed by atoms with Gasteiger partial charge in [0, 0.05) is 6.04 Å². The van der Waals surface area contributed by atoms with Crippen molar-refractivity contribution in [2.45, 2.75) is 71.4 Å². The van der Waals surface area contributed by atoms with Gasteiger partial charge in [-0.25, -0.2) is 0 Å². The number of rotatable bonds is 5. The van der Waals surface area contributed by atoms with Crippen LogP contribution in [0, 0.1) is 37.0 Å². The fourth-order valence-corrected chi connectivity index (χ4v) is 6.08. The van der Waals surface area contributed by atoms with Crippen LogP contribution in [0.25, 0.3) is 0 Å². The largest absolute Gasteiger partial charge is 0.481 e. The van der Waals surface area contributed by atoms with Gasteiger partial charge < -0.3 is 15.2 Å². The molecule has 2 unspecified atom stereocenters. The van der Waals surface area contributed by atoms with Gasteiger partial charge in [0.25, 0.3) is 5.91 Å². The van der Waals surface area contributed by atoms with Crippen LogP contribution in [0.1, 0.15) is 57.1 Å². The second kappa shape index (κ2) is 6.50. The zero-order valence-corrected chi connectivity index (χ0v) is 17.2. The topological polar surface area (TPSA) is 75.6 Å². The smallest absolute Gasteiger partial charge is 0.309 e. The molecule has 4 aliphatic carbocycles. The van der Waals surface area contributed by atoms with Crippen molar-refractivity contribution in [3.63, 3.8) is 0 Å². The van der Waals surface area contributed by atoms with Gasteiger partial charge in [-0.3, -0.25) is 9.59 Å². The lowest BCUT2D eigenvalue weighted by Crippen LogP contribution is -2.63. The van der Waals surface area contributed by atoms with E-state index >= 15 is 0 Å². The van der Waals surface area contributed by atoms with E-state index in [2.05, 4.69) is 5.32 Å². The minimum Gasteiger partial charge on any atom is -0.481 e. The Kier molecular flexibility index (Phi) is 4.48. The van der Waals surface area contributed by atoms with E-state index < -0.39 is 17.0 Å². The average Bonchev–Trinajstić information content (AvgIpc) is 2.59. The SMILES string of the molecule is Cc1ccc(OC(C)(C)C(=O)NC2C3CC4CC2CC(C(=O)O)(C4)C3)c(C)c1. The van der Waals surface area contributed by atoms with Gasteiger partial charge in [0.05, 0.1) is 5.41 Å². The molecule has 5 nitrogen and oxygen atoms in total. The first-order valence-electron chi connectivity index (χ1n) is 10.4. The Hall–Kier alpha value is -2.04. The Balaban J connectivity index is 1.47. The van der Waals surface area contributed by atoms with Gasteiger partial charge in [-0.05, 0) is 89.2 Å². The molecule has 0 saturated heterocycles. The lowest BCUT2D eigenvalue weighted by Gasteiger charge is -2.58. The molecule has 28 heavy (non-hydrogen) atoms. The molecule has 1 aromatic rings. The van der Waals surface area contributed by atoms with E-state index in [-0.39, 0.29) is 23.8 Å². The summed E-state index contributed by atoms with van der Waals surface area (Å²) < 4.78 is 6.09. The second-order valence-electron chi connectivity index (χ2n) is 9.94. The lowest BCUT2D eigenvalue weighted by atomic mass is 9.48. The number of hydrogen-bond acceptors (Lipinski definition) is 3. The van der Waals surface area contributed by atoms with Crippen LogP contribution in [0.3, 0.4) is 0 Å². The van der Waals surface area contributed by atoms with E-state index in [4.69, 9.17) is 4.74 Å². The Morgan fingerprint density at radius 2 is 1.79 bits per heavy atom. The monoisotopic (exact) mass is 385 g/mol. The van der Waals surface area contributed by atoms with E-state index in [1.54, 1.807) is 13.8 Å². The number of ether oxygens (including phenoxy) is 1. The molecule has 0 spiro atoms. The van der Waals surface area contributed by atoms with Gasteiger partial charge >= 0.3 is 5.97 Å². The van der Waals surface area contributed by atoms with E-state index in [9.17, 15) is 14.7 Å². The van der Waals surface area contributed by atoms with Crippen molar-refractivity contribution in [3.8, 4) is 5.75 Å². The van der Waals surface area contributed by atoms with E-state index in [1.807, 2.05) is 32.0 Å². The van der Waals surface area contributed by atoms with Gasteiger partial charge in [-0.2, -0.15) is 0 Å². The highest BCUT2D eigenvalue weighted by Crippen LogP contribution is 2.60. The van der Waals surface area contributed by atoms with Gasteiger partial charge in [-0.1, -0.05) is 17.7 Å². The quantitative estimate of drug-likeness (QED) is 0.807. The van der Waals surface area contributed by atoms with Crippen LogP contribution in [-0.2, 0) is 9.59 Å². The molecule has 2 N–H and O–H groups in total. The van der Waals surface area contributed by atoms with Gasteiger partial charge in [0.15, 0.2) is 5.60 Å². The number of amides is 1. The standard InChI is InChI=1S/C23H31NO4/c1-13-5-6-18(14(2)7-13)28-22(3,4)20(25)24-19-16-8-15-9-17(19)12-23(10-15,11-16)21(26)27/h5-7,15-17,19H,8-12H2,1-4H3,(H,24,25)(H,26,27). The van der Waals surface area contributed by atoms with Crippen molar-refractivity contribution in [1.29, 1.82) is 0 Å². The second-order valence-corrected chi connectivity index (χ2v) is 9.94. The minimum absolute atomic E-state index is 0.0681. The van der Waals surface area contributed by atoms with Crippen molar-refractivity contribution in [1.82, 2.24) is 5.32 Å². The number of carboxylic acids is 1. The van der Waals surface area contributed by atoms with E-state index in [1.165, 1.54) is 0 Å². The molecule has 0 aromatic heterocycles. The third-order valence-electron chi connectivity index (χ3n) is 7.27. The maximum Gasteiger partial charge on any atom is 0.309 e. The van der Waals surface area contributed by atoms with Crippen LogP contribution >= 0.6 is 0 Å². The average molecular weight is 386 g/mol. The van der Waals surface area contributed by atoms with Crippen molar-refractivity contribution in [3.05, 3.63) is 29.3 Å². The summed E-state index contributed by atoms with van der Waals surface area (Å²) in [7, 11) is 0. The van der Waals surface area contributed by atoms with Crippen molar-refractivity contribution < 1.29 is 19.4 Å². The zero-order valence-electron chi connectivity index (χ0n) is 17.2. The van der Waals surface area contributed by atoms with Gasteiger partial charge in [0.1, 0.15) is 5.75 Å². The molecule has 152 valence electrons. The molecular formula is C23H31NO4. The Morgan fingerprint density at radius 3 is 2.36 bits per heavy atom. The highest BCUT2D eigenvalue weighted by molar-refractivity contribution is 5.85. The van der Waals surface area contributed by atoms with Crippen LogP contribution < -0.4 is 10.1 Å². The Labute approximate surface area is 166 Å². The fraction of sp³-hybridized carbons (Fsp3) is 0.652. The number of aryl methyl sites for hydroxylation is 2. The first-order chi connectivity index (χ1) is 13.1. The Bertz CT molecular complexity index is 799. The number of carbonyl (C=O) groups is 2. The van der Waals surface area contributed by atoms with Crippen molar-refractivity contribution in [2.75, 3.05) is 0 Å². The summed E-state index contributed by atoms with van der Waals surface area (Å²) in [5.41, 5.74) is 0.633. The van der Waals surface area contributed by atoms with Crippen LogP contribution in [-0.4, -0.2) is 28.6 Å². The molecule has 4 saturated carbocycles. The molecule has 2 atom stereocenters. The van der Waals surface area contributed by atoms with Crippen LogP contribution in [0.15, 0.2) is 18.2 Å². The summed E-state index contributed by atoms with van der Waals surface area (Å²) in [6.45, 7) is 7.62. The summed E-state index contributed by atoms with van der Waals surface area (Å²) in [4.78, 5) is 25.0. The number of benzene rings is 1. The zero-order chi connectivity index (χ0) is 20.3. The van der Waals surface area contributed by atoms with Gasteiger partial charge in [-0.15, -0.1) is 0 Å². The third kappa shape index (κ3) is 3.19. The highest BCUT2D eigenvalue weighted by atomic mass is 16.5. The predicted molar refractivity (Wildman–Crippen MR) is 106 cm³/mol. The highest BCUT2D eigenvalue weighted by Gasteiger charge is 2.59. The Morgan fingerprint density at radius 1 is 1.14 bits per heavy atom. The lowest BCUT2D eigenvalue weighted by molar-refractivity contribution is -0.168. The number of aliphatic carboxylic acids is 1. The molecule has 0 aliphatic heterocycles. The molecule has 4 aliphatic rings. The molecular weight excluding hydrogens is 354 g/mol. The van der Waals surface area contributed by atoms with E-state index in [0.717, 1.165) is 36.1 Å². The maximum atomic E-state index is 13.1. The summed E-state index contributed by atoms with van der Waals surface area (Å²) in [6, 6.07) is 6.02. The molecule has 1 amide bonds. The van der Waals surface area contributed by atoms with Gasteiger partial charge in [0.2, 0.25) is 0 Å². The number of carboxylic acid groups (broad SMARTS) is 1. The molecule has 0 radical (unpaired) electrons. The molecule has 4 fully saturated rings. The minimum atomic E-state index is -0.987. The van der Waals surface area contributed by atoms with E-state index in [0.29, 0.717) is 18.8 Å². The summed E-state index contributed by atoms with van der Waals surface area (Å²) in [5.74, 6) is 0.998. The third-order valence-corrected chi connectivity index (χ3v) is 7.27. The first-order valence-corrected chi connectivity index (χ1v) is 10.4. The molecule has 5 rings (SSSR count). The van der Waals surface area contributed by atoms with Crippen LogP contribution in [0.5, 0.6) is 5.75 Å². The molecule has 5 heteroatoms.